The molecule has 0 saturated heterocycles. The first-order valence-corrected chi connectivity index (χ1v) is 12.9. The minimum atomic E-state index is 0. The number of thiophene rings is 1. The molecule has 0 spiro atoms. The molecule has 3 aromatic heterocycles. The van der Waals surface area contributed by atoms with E-state index in [0.29, 0.717) is 0 Å². The van der Waals surface area contributed by atoms with E-state index in [0.717, 1.165) is 77.7 Å². The maximum atomic E-state index is 5.71. The number of aromatic nitrogens is 4. The number of hydrogen-bond acceptors (Lipinski definition) is 7. The Labute approximate surface area is 208 Å². The van der Waals surface area contributed by atoms with Crippen LogP contribution in [0.1, 0.15) is 23.3 Å². The lowest BCUT2D eigenvalue weighted by atomic mass is 10.00. The van der Waals surface area contributed by atoms with Crippen LogP contribution >= 0.6 is 35.5 Å². The number of fused-ring (bicyclic) bond motifs is 1. The van der Waals surface area contributed by atoms with Crippen molar-refractivity contribution in [1.82, 2.24) is 24.6 Å². The van der Waals surface area contributed by atoms with E-state index in [2.05, 4.69) is 67.4 Å². The van der Waals surface area contributed by atoms with E-state index in [-0.39, 0.29) is 12.4 Å². The van der Waals surface area contributed by atoms with Gasteiger partial charge in [0.15, 0.2) is 11.0 Å². The van der Waals surface area contributed by atoms with Crippen LogP contribution in [0.25, 0.3) is 22.2 Å². The van der Waals surface area contributed by atoms with Gasteiger partial charge in [-0.3, -0.25) is 0 Å². The molecule has 0 fully saturated rings. The fraction of sp³-hybridized carbons (Fsp3) is 0.375. The molecule has 174 valence electrons. The Morgan fingerprint density at radius 3 is 2.73 bits per heavy atom. The van der Waals surface area contributed by atoms with Crippen LogP contribution in [0, 0.1) is 6.92 Å². The Hall–Kier alpha value is -2.13. The van der Waals surface area contributed by atoms with Gasteiger partial charge in [0.1, 0.15) is 5.76 Å². The highest BCUT2D eigenvalue weighted by Gasteiger charge is 2.16. The van der Waals surface area contributed by atoms with Gasteiger partial charge in [0.25, 0.3) is 0 Å². The molecule has 9 heteroatoms. The van der Waals surface area contributed by atoms with Crippen LogP contribution in [0.15, 0.2) is 51.5 Å². The molecule has 5 rings (SSSR count). The number of aryl methyl sites for hydroxylation is 1. The largest absolute Gasteiger partial charge is 0.441 e. The molecule has 0 amide bonds. The van der Waals surface area contributed by atoms with Crippen molar-refractivity contribution in [2.75, 3.05) is 25.4 Å². The summed E-state index contributed by atoms with van der Waals surface area (Å²) in [6.07, 6.45) is 5.10. The van der Waals surface area contributed by atoms with Crippen molar-refractivity contribution in [3.63, 3.8) is 0 Å². The van der Waals surface area contributed by atoms with Gasteiger partial charge >= 0.3 is 0 Å². The van der Waals surface area contributed by atoms with Gasteiger partial charge in [0, 0.05) is 31.5 Å². The Balaban J connectivity index is 0.00000259. The average molecular weight is 502 g/mol. The lowest BCUT2D eigenvalue weighted by molar-refractivity contribution is 0.289. The molecule has 0 N–H and O–H groups in total. The van der Waals surface area contributed by atoms with Gasteiger partial charge in [-0.25, -0.2) is 4.98 Å². The minimum Gasteiger partial charge on any atom is -0.441 e. The zero-order valence-corrected chi connectivity index (χ0v) is 21.3. The third-order valence-electron chi connectivity index (χ3n) is 5.90. The Bertz CT molecular complexity index is 1190. The molecule has 0 bridgehead atoms. The molecule has 0 atom stereocenters. The monoisotopic (exact) mass is 501 g/mol. The molecule has 6 nitrogen and oxygen atoms in total. The van der Waals surface area contributed by atoms with Gasteiger partial charge < -0.3 is 13.9 Å². The number of benzene rings is 1. The van der Waals surface area contributed by atoms with Crippen molar-refractivity contribution in [1.29, 1.82) is 0 Å². The van der Waals surface area contributed by atoms with E-state index < -0.39 is 0 Å². The molecular weight excluding hydrogens is 474 g/mol. The highest BCUT2D eigenvalue weighted by Crippen LogP contribution is 2.27. The van der Waals surface area contributed by atoms with Crippen molar-refractivity contribution in [3.05, 3.63) is 58.8 Å². The Kier molecular flexibility index (Phi) is 7.90. The summed E-state index contributed by atoms with van der Waals surface area (Å²) in [6.45, 7) is 5.26. The summed E-state index contributed by atoms with van der Waals surface area (Å²) < 4.78 is 7.81. The summed E-state index contributed by atoms with van der Waals surface area (Å²) in [6, 6.07) is 10.8. The molecule has 0 unspecified atom stereocenters. The summed E-state index contributed by atoms with van der Waals surface area (Å²) in [5.41, 5.74) is 3.96. The quantitative estimate of drug-likeness (QED) is 0.246. The molecule has 0 aliphatic carbocycles. The minimum absolute atomic E-state index is 0. The number of thioether (sulfide) groups is 1. The highest BCUT2D eigenvalue weighted by atomic mass is 35.5. The van der Waals surface area contributed by atoms with Crippen LogP contribution in [-0.2, 0) is 19.9 Å². The van der Waals surface area contributed by atoms with Crippen molar-refractivity contribution in [2.24, 2.45) is 7.05 Å². The average Bonchev–Trinajstić information content (AvgIpc) is 3.52. The lowest BCUT2D eigenvalue weighted by Crippen LogP contribution is -2.27. The van der Waals surface area contributed by atoms with Crippen LogP contribution in [0.4, 0.5) is 0 Å². The zero-order chi connectivity index (χ0) is 21.9. The standard InChI is InChI=1S/C24H27N5OS2.ClH/c1-17-16-25-23(30-17)20-7-6-18-8-11-29(12-9-19(18)15-20)10-4-14-32-24-27-26-22(28(24)2)21-5-3-13-31-21;/h3,5-7,13,15-16H,4,8-12,14H2,1-2H3;1H. The number of hydrogen-bond donors (Lipinski definition) is 0. The predicted molar refractivity (Wildman–Crippen MR) is 137 cm³/mol. The maximum Gasteiger partial charge on any atom is 0.226 e. The first-order chi connectivity index (χ1) is 15.7. The molecule has 0 saturated carbocycles. The van der Waals surface area contributed by atoms with Gasteiger partial charge in [-0.15, -0.1) is 33.9 Å². The number of oxazole rings is 1. The van der Waals surface area contributed by atoms with E-state index >= 15 is 0 Å². The van der Waals surface area contributed by atoms with Crippen LogP contribution in [0.3, 0.4) is 0 Å². The molecule has 4 heterocycles. The van der Waals surface area contributed by atoms with Gasteiger partial charge in [0.05, 0.1) is 11.1 Å². The summed E-state index contributed by atoms with van der Waals surface area (Å²) in [5.74, 6) is 3.57. The predicted octanol–water partition coefficient (Wildman–Crippen LogP) is 5.51. The fourth-order valence-corrected chi connectivity index (χ4v) is 5.71. The molecule has 4 aromatic rings. The van der Waals surface area contributed by atoms with Crippen LogP contribution in [-0.4, -0.2) is 50.0 Å². The van der Waals surface area contributed by atoms with E-state index in [1.807, 2.05) is 6.92 Å². The van der Waals surface area contributed by atoms with Crippen LogP contribution in [0.5, 0.6) is 0 Å². The normalized spacial score (nSPS) is 14.0. The van der Waals surface area contributed by atoms with E-state index in [9.17, 15) is 0 Å². The van der Waals surface area contributed by atoms with Crippen molar-refractivity contribution < 1.29 is 4.42 Å². The molecule has 33 heavy (non-hydrogen) atoms. The summed E-state index contributed by atoms with van der Waals surface area (Å²) >= 11 is 3.50. The summed E-state index contributed by atoms with van der Waals surface area (Å²) in [4.78, 5) is 8.13. The molecule has 1 aliphatic heterocycles. The number of nitrogens with zero attached hydrogens (tertiary/aromatic N) is 5. The molecular formula is C24H28ClN5OS2. The SMILES string of the molecule is Cc1cnc(-c2ccc3c(c2)CCN(CCCSc2nnc(-c4cccs4)n2C)CC3)o1.Cl. The second-order valence-corrected chi connectivity index (χ2v) is 10.2. The fourth-order valence-electron chi connectivity index (χ4n) is 4.13. The smallest absolute Gasteiger partial charge is 0.226 e. The first-order valence-electron chi connectivity index (χ1n) is 11.0. The van der Waals surface area contributed by atoms with E-state index in [4.69, 9.17) is 4.42 Å². The first kappa shape index (κ1) is 24.0. The molecule has 1 aromatic carbocycles. The van der Waals surface area contributed by atoms with Crippen molar-refractivity contribution in [3.8, 4) is 22.2 Å². The van der Waals surface area contributed by atoms with Crippen molar-refractivity contribution >= 4 is 35.5 Å². The molecule has 0 radical (unpaired) electrons. The van der Waals surface area contributed by atoms with Gasteiger partial charge in [-0.05, 0) is 67.4 Å². The van der Waals surface area contributed by atoms with Crippen molar-refractivity contribution in [2.45, 2.75) is 31.3 Å². The molecule has 1 aliphatic rings. The second kappa shape index (κ2) is 10.9. The van der Waals surface area contributed by atoms with Crippen LogP contribution < -0.4 is 0 Å². The maximum absolute atomic E-state index is 5.71. The van der Waals surface area contributed by atoms with E-state index in [1.165, 1.54) is 11.1 Å². The van der Waals surface area contributed by atoms with E-state index in [1.54, 1.807) is 29.3 Å². The summed E-state index contributed by atoms with van der Waals surface area (Å²) in [5, 5.41) is 11.8. The topological polar surface area (TPSA) is 60.0 Å². The van der Waals surface area contributed by atoms with Gasteiger partial charge in [-0.2, -0.15) is 0 Å². The third-order valence-corrected chi connectivity index (χ3v) is 7.87. The Morgan fingerprint density at radius 2 is 1.97 bits per heavy atom. The lowest BCUT2D eigenvalue weighted by Gasteiger charge is -2.19. The number of halogens is 1. The van der Waals surface area contributed by atoms with Crippen LogP contribution in [0.2, 0.25) is 0 Å². The Morgan fingerprint density at radius 1 is 1.12 bits per heavy atom. The zero-order valence-electron chi connectivity index (χ0n) is 18.9. The van der Waals surface area contributed by atoms with Gasteiger partial charge in [0.2, 0.25) is 5.89 Å². The summed E-state index contributed by atoms with van der Waals surface area (Å²) in [7, 11) is 2.05. The highest BCUT2D eigenvalue weighted by molar-refractivity contribution is 7.99. The number of rotatable bonds is 7. The third kappa shape index (κ3) is 5.51. The van der Waals surface area contributed by atoms with Gasteiger partial charge in [-0.1, -0.05) is 23.9 Å². The second-order valence-electron chi connectivity index (χ2n) is 8.15.